The third-order valence-corrected chi connectivity index (χ3v) is 3.43. The maximum Gasteiger partial charge on any atom is 0.223 e. The first kappa shape index (κ1) is 15.8. The number of rotatable bonds is 6. The lowest BCUT2D eigenvalue weighted by Crippen LogP contribution is -2.31. The van der Waals surface area contributed by atoms with Crippen molar-refractivity contribution in [3.8, 4) is 17.6 Å². The number of hydrogen-bond acceptors (Lipinski definition) is 5. The van der Waals surface area contributed by atoms with E-state index >= 15 is 0 Å². The first-order valence-electron chi connectivity index (χ1n) is 7.23. The number of carbonyl (C=O) groups is 2. The summed E-state index contributed by atoms with van der Waals surface area (Å²) in [6.07, 6.45) is 0.212. The number of ether oxygens (including phenoxy) is 2. The van der Waals surface area contributed by atoms with Gasteiger partial charge in [-0.15, -0.1) is 0 Å². The summed E-state index contributed by atoms with van der Waals surface area (Å²) in [7, 11) is 0. The van der Waals surface area contributed by atoms with E-state index in [0.717, 1.165) is 0 Å². The van der Waals surface area contributed by atoms with Crippen molar-refractivity contribution in [1.82, 2.24) is 4.90 Å². The predicted molar refractivity (Wildman–Crippen MR) is 78.9 cm³/mol. The average Bonchev–Trinajstić information content (AvgIpc) is 2.56. The maximum absolute atomic E-state index is 12.2. The van der Waals surface area contributed by atoms with Gasteiger partial charge in [0.25, 0.3) is 0 Å². The van der Waals surface area contributed by atoms with Crippen molar-refractivity contribution in [2.75, 3.05) is 26.3 Å². The minimum Gasteiger partial charge on any atom is -0.486 e. The smallest absolute Gasteiger partial charge is 0.223 e. The highest BCUT2D eigenvalue weighted by atomic mass is 16.6. The predicted octanol–water partition coefficient (Wildman–Crippen LogP) is 1.79. The second-order valence-electron chi connectivity index (χ2n) is 4.85. The first-order chi connectivity index (χ1) is 10.7. The second-order valence-corrected chi connectivity index (χ2v) is 4.85. The summed E-state index contributed by atoms with van der Waals surface area (Å²) < 4.78 is 10.8. The van der Waals surface area contributed by atoms with Crippen molar-refractivity contribution in [1.29, 1.82) is 5.26 Å². The Labute approximate surface area is 129 Å². The number of nitriles is 1. The van der Waals surface area contributed by atoms with Crippen LogP contribution in [-0.4, -0.2) is 42.9 Å². The molecule has 0 unspecified atom stereocenters. The summed E-state index contributed by atoms with van der Waals surface area (Å²) in [6, 6.07) is 6.97. The van der Waals surface area contributed by atoms with Gasteiger partial charge in [0.1, 0.15) is 19.8 Å². The van der Waals surface area contributed by atoms with Gasteiger partial charge in [-0.3, -0.25) is 9.59 Å². The Balaban J connectivity index is 1.95. The van der Waals surface area contributed by atoms with Crippen molar-refractivity contribution in [3.63, 3.8) is 0 Å². The minimum absolute atomic E-state index is 0.0492. The molecule has 1 aliphatic heterocycles. The van der Waals surface area contributed by atoms with E-state index in [1.807, 2.05) is 6.07 Å². The van der Waals surface area contributed by atoms with E-state index in [1.54, 1.807) is 25.1 Å². The van der Waals surface area contributed by atoms with Gasteiger partial charge in [-0.25, -0.2) is 0 Å². The van der Waals surface area contributed by atoms with E-state index in [1.165, 1.54) is 4.90 Å². The number of amides is 1. The number of ketones is 1. The normalized spacial score (nSPS) is 12.4. The molecule has 6 nitrogen and oxygen atoms in total. The van der Waals surface area contributed by atoms with Crippen molar-refractivity contribution in [2.24, 2.45) is 0 Å². The quantitative estimate of drug-likeness (QED) is 0.591. The van der Waals surface area contributed by atoms with E-state index in [4.69, 9.17) is 14.7 Å². The van der Waals surface area contributed by atoms with E-state index < -0.39 is 0 Å². The largest absolute Gasteiger partial charge is 0.486 e. The van der Waals surface area contributed by atoms with Gasteiger partial charge in [0.05, 0.1) is 6.07 Å². The fraction of sp³-hybridized carbons (Fsp3) is 0.438. The highest BCUT2D eigenvalue weighted by Gasteiger charge is 2.17. The molecule has 2 rings (SSSR count). The number of hydrogen-bond donors (Lipinski definition) is 0. The van der Waals surface area contributed by atoms with E-state index in [-0.39, 0.29) is 31.1 Å². The van der Waals surface area contributed by atoms with Crippen molar-refractivity contribution < 1.29 is 19.1 Å². The van der Waals surface area contributed by atoms with Crippen LogP contribution in [0.5, 0.6) is 11.5 Å². The molecule has 0 N–H and O–H groups in total. The highest BCUT2D eigenvalue weighted by Crippen LogP contribution is 2.31. The van der Waals surface area contributed by atoms with Crippen LogP contribution in [0.4, 0.5) is 0 Å². The number of benzene rings is 1. The van der Waals surface area contributed by atoms with E-state index in [9.17, 15) is 9.59 Å². The molecule has 1 heterocycles. The minimum atomic E-state index is -0.185. The van der Waals surface area contributed by atoms with Gasteiger partial charge in [-0.05, 0) is 25.1 Å². The van der Waals surface area contributed by atoms with Crippen LogP contribution in [0.25, 0.3) is 0 Å². The van der Waals surface area contributed by atoms with Crippen LogP contribution in [0, 0.1) is 11.3 Å². The van der Waals surface area contributed by atoms with Crippen LogP contribution in [0.2, 0.25) is 0 Å². The number of nitrogens with zero attached hydrogens (tertiary/aromatic N) is 2. The van der Waals surface area contributed by atoms with E-state index in [2.05, 4.69) is 0 Å². The van der Waals surface area contributed by atoms with Crippen LogP contribution in [0.1, 0.15) is 30.1 Å². The molecule has 1 aliphatic rings. The van der Waals surface area contributed by atoms with Gasteiger partial charge in [0, 0.05) is 24.9 Å². The Morgan fingerprint density at radius 1 is 1.23 bits per heavy atom. The van der Waals surface area contributed by atoms with Crippen LogP contribution >= 0.6 is 0 Å². The monoisotopic (exact) mass is 302 g/mol. The molecule has 0 atom stereocenters. The molecule has 1 aromatic rings. The van der Waals surface area contributed by atoms with Gasteiger partial charge in [-0.1, -0.05) is 0 Å². The summed E-state index contributed by atoms with van der Waals surface area (Å²) in [4.78, 5) is 25.5. The van der Waals surface area contributed by atoms with Crippen molar-refractivity contribution in [3.05, 3.63) is 23.8 Å². The van der Waals surface area contributed by atoms with Crippen LogP contribution in [0.3, 0.4) is 0 Å². The summed E-state index contributed by atoms with van der Waals surface area (Å²) >= 11 is 0. The van der Waals surface area contributed by atoms with Crippen LogP contribution in [-0.2, 0) is 4.79 Å². The maximum atomic E-state index is 12.2. The molecule has 0 spiro atoms. The molecule has 0 saturated carbocycles. The molecule has 0 aromatic heterocycles. The molecular weight excluding hydrogens is 284 g/mol. The third-order valence-electron chi connectivity index (χ3n) is 3.43. The Bertz CT molecular complexity index is 607. The Morgan fingerprint density at radius 3 is 2.64 bits per heavy atom. The van der Waals surface area contributed by atoms with Gasteiger partial charge >= 0.3 is 0 Å². The number of Topliss-reactive ketones (excluding diaryl/α,β-unsaturated/α-hetero) is 1. The Kier molecular flexibility index (Phi) is 5.37. The molecule has 1 amide bonds. The fourth-order valence-electron chi connectivity index (χ4n) is 2.20. The molecular formula is C16H18N2O4. The van der Waals surface area contributed by atoms with Crippen molar-refractivity contribution >= 4 is 11.7 Å². The number of carbonyl (C=O) groups excluding carboxylic acids is 2. The Hall–Kier alpha value is -2.55. The summed E-state index contributed by atoms with van der Waals surface area (Å²) in [5, 5.41) is 8.65. The molecule has 0 radical (unpaired) electrons. The zero-order valence-corrected chi connectivity index (χ0v) is 12.5. The average molecular weight is 302 g/mol. The van der Waals surface area contributed by atoms with Crippen LogP contribution < -0.4 is 9.47 Å². The standard InChI is InChI=1S/C16H18N2O4/c1-2-18(8-7-17)16(20)6-4-13(19)12-3-5-14-15(11-12)22-10-9-21-14/h3,5,11H,2,4,6,8-10H2,1H3. The molecule has 0 fully saturated rings. The van der Waals surface area contributed by atoms with E-state index in [0.29, 0.717) is 36.8 Å². The summed E-state index contributed by atoms with van der Waals surface area (Å²) in [6.45, 7) is 3.28. The topological polar surface area (TPSA) is 79.6 Å². The lowest BCUT2D eigenvalue weighted by Gasteiger charge is -2.19. The number of fused-ring (bicyclic) bond motifs is 1. The highest BCUT2D eigenvalue weighted by molar-refractivity contribution is 5.98. The summed E-state index contributed by atoms with van der Waals surface area (Å²) in [5.41, 5.74) is 0.500. The molecule has 6 heteroatoms. The molecule has 0 saturated heterocycles. The summed E-state index contributed by atoms with van der Waals surface area (Å²) in [5.74, 6) is 0.876. The molecule has 116 valence electrons. The molecule has 0 aliphatic carbocycles. The second kappa shape index (κ2) is 7.46. The molecule has 1 aromatic carbocycles. The van der Waals surface area contributed by atoms with Gasteiger partial charge in [0.2, 0.25) is 5.91 Å². The van der Waals surface area contributed by atoms with Gasteiger partial charge in [-0.2, -0.15) is 5.26 Å². The zero-order valence-electron chi connectivity index (χ0n) is 12.5. The van der Waals surface area contributed by atoms with Gasteiger partial charge in [0.15, 0.2) is 17.3 Å². The third kappa shape index (κ3) is 3.76. The van der Waals surface area contributed by atoms with Crippen molar-refractivity contribution in [2.45, 2.75) is 19.8 Å². The molecule has 22 heavy (non-hydrogen) atoms. The molecule has 0 bridgehead atoms. The Morgan fingerprint density at radius 2 is 1.95 bits per heavy atom. The zero-order chi connectivity index (χ0) is 15.9. The SMILES string of the molecule is CCN(CC#N)C(=O)CCC(=O)c1ccc2c(c1)OCCO2. The van der Waals surface area contributed by atoms with Gasteiger partial charge < -0.3 is 14.4 Å². The fourth-order valence-corrected chi connectivity index (χ4v) is 2.20. The lowest BCUT2D eigenvalue weighted by atomic mass is 10.1. The lowest BCUT2D eigenvalue weighted by molar-refractivity contribution is -0.130. The first-order valence-corrected chi connectivity index (χ1v) is 7.23. The van der Waals surface area contributed by atoms with Crippen LogP contribution in [0.15, 0.2) is 18.2 Å².